The lowest BCUT2D eigenvalue weighted by Crippen LogP contribution is -2.11. The van der Waals surface area contributed by atoms with Crippen molar-refractivity contribution in [2.24, 2.45) is 0 Å². The van der Waals surface area contributed by atoms with Crippen LogP contribution in [0.15, 0.2) is 59.1 Å². The Morgan fingerprint density at radius 3 is 2.41 bits per heavy atom. The van der Waals surface area contributed by atoms with Gasteiger partial charge in [-0.15, -0.1) is 21.5 Å². The summed E-state index contributed by atoms with van der Waals surface area (Å²) in [4.78, 5) is 17.5. The van der Waals surface area contributed by atoms with Crippen LogP contribution in [0.1, 0.15) is 20.8 Å². The molecule has 0 radical (unpaired) electrons. The van der Waals surface area contributed by atoms with Gasteiger partial charge in [0.25, 0.3) is 5.91 Å². The van der Waals surface area contributed by atoms with Crippen LogP contribution in [0.4, 0.5) is 5.13 Å². The van der Waals surface area contributed by atoms with E-state index in [9.17, 15) is 4.79 Å². The first kappa shape index (κ1) is 17.1. The smallest absolute Gasteiger partial charge is 0.257 e. The predicted molar refractivity (Wildman–Crippen MR) is 105 cm³/mol. The van der Waals surface area contributed by atoms with E-state index in [4.69, 9.17) is 4.42 Å². The zero-order valence-electron chi connectivity index (χ0n) is 14.8. The molecule has 0 aliphatic heterocycles. The Kier molecular flexibility index (Phi) is 4.52. The van der Waals surface area contributed by atoms with E-state index in [2.05, 4.69) is 20.5 Å². The van der Waals surface area contributed by atoms with E-state index in [0.717, 1.165) is 21.6 Å². The summed E-state index contributed by atoms with van der Waals surface area (Å²) in [6, 6.07) is 14.9. The Morgan fingerprint density at radius 1 is 1.00 bits per heavy atom. The molecular formula is C20H16N4O2S. The maximum Gasteiger partial charge on any atom is 0.257 e. The number of carbonyl (C=O) groups is 1. The van der Waals surface area contributed by atoms with Gasteiger partial charge in [0.1, 0.15) is 0 Å². The molecule has 4 aromatic rings. The van der Waals surface area contributed by atoms with Crippen LogP contribution in [0.3, 0.4) is 0 Å². The minimum Gasteiger partial charge on any atom is -0.416 e. The molecule has 0 aliphatic rings. The molecule has 4 rings (SSSR count). The average molecular weight is 376 g/mol. The fraction of sp³-hybridized carbons (Fsp3) is 0.100. The van der Waals surface area contributed by atoms with Gasteiger partial charge >= 0.3 is 0 Å². The van der Waals surface area contributed by atoms with Crippen molar-refractivity contribution in [3.8, 4) is 22.9 Å². The lowest BCUT2D eigenvalue weighted by atomic mass is 10.1. The number of aromatic nitrogens is 3. The third-order valence-electron chi connectivity index (χ3n) is 3.93. The third kappa shape index (κ3) is 3.78. The number of benzene rings is 2. The predicted octanol–water partition coefficient (Wildman–Crippen LogP) is 4.73. The van der Waals surface area contributed by atoms with Crippen molar-refractivity contribution in [1.82, 2.24) is 15.2 Å². The molecule has 7 heteroatoms. The maximum absolute atomic E-state index is 12.3. The van der Waals surface area contributed by atoms with Crippen molar-refractivity contribution in [3.63, 3.8) is 0 Å². The summed E-state index contributed by atoms with van der Waals surface area (Å²) in [5.74, 6) is 0.672. The highest BCUT2D eigenvalue weighted by Gasteiger charge is 2.13. The Balaban J connectivity index is 1.51. The third-order valence-corrected chi connectivity index (χ3v) is 4.75. The topological polar surface area (TPSA) is 80.9 Å². The summed E-state index contributed by atoms with van der Waals surface area (Å²) in [5.41, 5.74) is 3.29. The minimum atomic E-state index is -0.207. The van der Waals surface area contributed by atoms with Crippen molar-refractivity contribution in [2.45, 2.75) is 13.8 Å². The Hall–Kier alpha value is -3.32. The highest BCUT2D eigenvalue weighted by atomic mass is 32.1. The summed E-state index contributed by atoms with van der Waals surface area (Å²) in [7, 11) is 0. The standard InChI is InChI=1S/C20H16N4O2S/c1-12-4-3-5-16(10-12)19-24-23-18(26-19)15-8-6-14(7-9-15)17(25)22-20-21-11-13(2)27-20/h3-11H,1-2H3,(H,21,22,25). The van der Waals surface area contributed by atoms with E-state index in [1.807, 2.05) is 38.1 Å². The summed E-state index contributed by atoms with van der Waals surface area (Å²) < 4.78 is 5.78. The first-order chi connectivity index (χ1) is 13.1. The number of rotatable bonds is 4. The van der Waals surface area contributed by atoms with E-state index >= 15 is 0 Å². The summed E-state index contributed by atoms with van der Waals surface area (Å²) in [5, 5.41) is 11.6. The molecule has 0 saturated heterocycles. The molecule has 2 heterocycles. The number of thiazole rings is 1. The zero-order valence-corrected chi connectivity index (χ0v) is 15.6. The molecule has 1 N–H and O–H groups in total. The van der Waals surface area contributed by atoms with Gasteiger partial charge in [-0.1, -0.05) is 17.7 Å². The number of anilines is 1. The maximum atomic E-state index is 12.3. The van der Waals surface area contributed by atoms with Crippen LogP contribution >= 0.6 is 11.3 Å². The molecule has 0 saturated carbocycles. The lowest BCUT2D eigenvalue weighted by Gasteiger charge is -2.02. The van der Waals surface area contributed by atoms with Crippen LogP contribution in [0.2, 0.25) is 0 Å². The van der Waals surface area contributed by atoms with Crippen LogP contribution in [0, 0.1) is 13.8 Å². The van der Waals surface area contributed by atoms with Gasteiger partial charge in [-0.2, -0.15) is 0 Å². The fourth-order valence-corrected chi connectivity index (χ4v) is 3.24. The second-order valence-corrected chi connectivity index (χ2v) is 7.32. The molecular weight excluding hydrogens is 360 g/mol. The van der Waals surface area contributed by atoms with Gasteiger partial charge in [0.2, 0.25) is 11.8 Å². The summed E-state index contributed by atoms with van der Waals surface area (Å²) >= 11 is 1.44. The largest absolute Gasteiger partial charge is 0.416 e. The molecule has 6 nitrogen and oxygen atoms in total. The number of nitrogens with zero attached hydrogens (tertiary/aromatic N) is 3. The summed E-state index contributed by atoms with van der Waals surface area (Å²) in [6.45, 7) is 3.95. The SMILES string of the molecule is Cc1cccc(-c2nnc(-c3ccc(C(=O)Nc4ncc(C)s4)cc3)o2)c1. The molecule has 0 spiro atoms. The first-order valence-electron chi connectivity index (χ1n) is 8.33. The monoisotopic (exact) mass is 376 g/mol. The molecule has 0 atom stereocenters. The van der Waals surface area contributed by atoms with Crippen LogP contribution in [0.5, 0.6) is 0 Å². The van der Waals surface area contributed by atoms with Gasteiger partial charge in [0.15, 0.2) is 5.13 Å². The van der Waals surface area contributed by atoms with Gasteiger partial charge in [-0.3, -0.25) is 10.1 Å². The van der Waals surface area contributed by atoms with Gasteiger partial charge in [0.05, 0.1) is 0 Å². The molecule has 2 aromatic carbocycles. The normalized spacial score (nSPS) is 10.7. The van der Waals surface area contributed by atoms with Crippen molar-refractivity contribution in [3.05, 3.63) is 70.7 Å². The number of carbonyl (C=O) groups excluding carboxylic acids is 1. The van der Waals surface area contributed by atoms with Crippen LogP contribution in [0.25, 0.3) is 22.9 Å². The number of nitrogens with one attached hydrogen (secondary N) is 1. The fourth-order valence-electron chi connectivity index (χ4n) is 2.58. The number of aryl methyl sites for hydroxylation is 2. The van der Waals surface area contributed by atoms with Crippen LogP contribution in [-0.2, 0) is 0 Å². The highest BCUT2D eigenvalue weighted by molar-refractivity contribution is 7.15. The van der Waals surface area contributed by atoms with Gasteiger partial charge in [0, 0.05) is 27.8 Å². The lowest BCUT2D eigenvalue weighted by molar-refractivity contribution is 0.102. The zero-order chi connectivity index (χ0) is 18.8. The molecule has 0 aliphatic carbocycles. The second kappa shape index (κ2) is 7.13. The Morgan fingerprint density at radius 2 is 1.74 bits per heavy atom. The molecule has 1 amide bonds. The van der Waals surface area contributed by atoms with Gasteiger partial charge in [-0.05, 0) is 50.2 Å². The first-order valence-corrected chi connectivity index (χ1v) is 9.15. The molecule has 0 unspecified atom stereocenters. The number of amides is 1. The summed E-state index contributed by atoms with van der Waals surface area (Å²) in [6.07, 6.45) is 1.73. The van der Waals surface area contributed by atoms with Gasteiger partial charge in [-0.25, -0.2) is 4.98 Å². The van der Waals surface area contributed by atoms with Gasteiger partial charge < -0.3 is 4.42 Å². The van der Waals surface area contributed by atoms with E-state index in [1.165, 1.54) is 11.3 Å². The molecule has 134 valence electrons. The van der Waals surface area contributed by atoms with Crippen molar-refractivity contribution < 1.29 is 9.21 Å². The second-order valence-electron chi connectivity index (χ2n) is 6.09. The molecule has 2 aromatic heterocycles. The molecule has 0 fully saturated rings. The minimum absolute atomic E-state index is 0.207. The van der Waals surface area contributed by atoms with Crippen molar-refractivity contribution in [1.29, 1.82) is 0 Å². The van der Waals surface area contributed by atoms with E-state index in [0.29, 0.717) is 22.5 Å². The number of hydrogen-bond acceptors (Lipinski definition) is 6. The van der Waals surface area contributed by atoms with E-state index < -0.39 is 0 Å². The highest BCUT2D eigenvalue weighted by Crippen LogP contribution is 2.25. The number of hydrogen-bond donors (Lipinski definition) is 1. The van der Waals surface area contributed by atoms with E-state index in [-0.39, 0.29) is 5.91 Å². The van der Waals surface area contributed by atoms with Crippen LogP contribution < -0.4 is 5.32 Å². The van der Waals surface area contributed by atoms with Crippen molar-refractivity contribution >= 4 is 22.4 Å². The van der Waals surface area contributed by atoms with E-state index in [1.54, 1.807) is 30.5 Å². The van der Waals surface area contributed by atoms with Crippen LogP contribution in [-0.4, -0.2) is 21.1 Å². The molecule has 0 bridgehead atoms. The molecule has 27 heavy (non-hydrogen) atoms. The quantitative estimate of drug-likeness (QED) is 0.557. The average Bonchev–Trinajstić information content (AvgIpc) is 3.31. The van der Waals surface area contributed by atoms with Crippen molar-refractivity contribution in [2.75, 3.05) is 5.32 Å². The Bertz CT molecular complexity index is 1100. The Labute approximate surface area is 159 Å².